The van der Waals surface area contributed by atoms with E-state index in [4.69, 9.17) is 0 Å². The van der Waals surface area contributed by atoms with E-state index >= 15 is 0 Å². The van der Waals surface area contributed by atoms with Crippen LogP contribution in [0.2, 0.25) is 0 Å². The summed E-state index contributed by atoms with van der Waals surface area (Å²) < 4.78 is 48.4. The Labute approximate surface area is 121 Å². The minimum absolute atomic E-state index is 0.0188. The fraction of sp³-hybridized carbons (Fsp3) is 0.462. The summed E-state index contributed by atoms with van der Waals surface area (Å²) in [6, 6.07) is 5.35. The van der Waals surface area contributed by atoms with Crippen LogP contribution in [-0.2, 0) is 14.6 Å². The Morgan fingerprint density at radius 2 is 1.86 bits per heavy atom. The lowest BCUT2D eigenvalue weighted by atomic mass is 10.3. The Kier molecular flexibility index (Phi) is 4.76. The first kappa shape index (κ1) is 15.7. The maximum absolute atomic E-state index is 12.6. The number of amides is 1. The molecule has 2 rings (SSSR count). The van der Waals surface area contributed by atoms with Gasteiger partial charge in [-0.2, -0.15) is 8.78 Å². The summed E-state index contributed by atoms with van der Waals surface area (Å²) in [5.41, 5.74) is 0.0188. The molecule has 1 amide bonds. The lowest BCUT2D eigenvalue weighted by molar-refractivity contribution is -0.128. The topological polar surface area (TPSA) is 66.5 Å². The molecule has 116 valence electrons. The van der Waals surface area contributed by atoms with Gasteiger partial charge in [0.15, 0.2) is 0 Å². The zero-order chi connectivity index (χ0) is 15.5. The van der Waals surface area contributed by atoms with Gasteiger partial charge in [0.25, 0.3) is 0 Å². The molecule has 1 N–H and O–H groups in total. The van der Waals surface area contributed by atoms with Crippen molar-refractivity contribution >= 4 is 21.4 Å². The molecule has 1 fully saturated rings. The quantitative estimate of drug-likeness (QED) is 0.898. The molecule has 1 aromatic carbocycles. The zero-order valence-corrected chi connectivity index (χ0v) is 12.1. The molecule has 1 aliphatic heterocycles. The second-order valence-corrected chi connectivity index (χ2v) is 6.63. The number of carbonyl (C=O) groups excluding carboxylic acids is 1. The Balaban J connectivity index is 2.12. The summed E-state index contributed by atoms with van der Waals surface area (Å²) in [5, 5.41) is 2.65. The van der Waals surface area contributed by atoms with Gasteiger partial charge >= 0.3 is 5.76 Å². The number of rotatable bonds is 5. The Hall–Kier alpha value is -1.70. The van der Waals surface area contributed by atoms with Gasteiger partial charge in [0.2, 0.25) is 15.7 Å². The summed E-state index contributed by atoms with van der Waals surface area (Å²) >= 11 is 0. The molecule has 0 saturated carbocycles. The molecule has 0 aromatic heterocycles. The number of benzene rings is 1. The molecule has 1 saturated heterocycles. The Bertz CT molecular complexity index is 614. The van der Waals surface area contributed by atoms with Crippen molar-refractivity contribution in [3.05, 3.63) is 24.3 Å². The number of hydrogen-bond acceptors (Lipinski definition) is 4. The number of hydrogen-bond donors (Lipinski definition) is 1. The molecule has 0 spiro atoms. The molecule has 0 atom stereocenters. The first-order valence-electron chi connectivity index (χ1n) is 6.55. The standard InChI is InChI=1S/C13H16F2N2O3S/c14-13(15)21(19,20)11-6-2-1-5-10(11)16-9-12(18)17-7-3-4-8-17/h1-2,5-6,13,16H,3-4,7-9H2. The van der Waals surface area contributed by atoms with Gasteiger partial charge in [-0.3, -0.25) is 4.79 Å². The fourth-order valence-electron chi connectivity index (χ4n) is 2.21. The van der Waals surface area contributed by atoms with Crippen molar-refractivity contribution in [2.24, 2.45) is 0 Å². The van der Waals surface area contributed by atoms with Crippen molar-refractivity contribution in [3.8, 4) is 0 Å². The highest BCUT2D eigenvalue weighted by Gasteiger charge is 2.29. The summed E-state index contributed by atoms with van der Waals surface area (Å²) in [6.45, 7) is 1.24. The minimum Gasteiger partial charge on any atom is -0.375 e. The number of nitrogens with zero attached hydrogens (tertiary/aromatic N) is 1. The van der Waals surface area contributed by atoms with Crippen LogP contribution in [0.1, 0.15) is 12.8 Å². The maximum atomic E-state index is 12.6. The van der Waals surface area contributed by atoms with E-state index in [9.17, 15) is 22.0 Å². The van der Waals surface area contributed by atoms with E-state index in [-0.39, 0.29) is 18.1 Å². The number of anilines is 1. The zero-order valence-electron chi connectivity index (χ0n) is 11.3. The highest BCUT2D eigenvalue weighted by atomic mass is 32.2. The molecular weight excluding hydrogens is 302 g/mol. The highest BCUT2D eigenvalue weighted by Crippen LogP contribution is 2.26. The Morgan fingerprint density at radius 3 is 2.48 bits per heavy atom. The van der Waals surface area contributed by atoms with E-state index in [1.165, 1.54) is 18.2 Å². The predicted molar refractivity (Wildman–Crippen MR) is 73.9 cm³/mol. The normalized spacial score (nSPS) is 15.5. The average Bonchev–Trinajstić information content (AvgIpc) is 2.99. The third-order valence-electron chi connectivity index (χ3n) is 3.32. The average molecular weight is 318 g/mol. The van der Waals surface area contributed by atoms with Gasteiger partial charge in [-0.15, -0.1) is 0 Å². The SMILES string of the molecule is O=C(CNc1ccccc1S(=O)(=O)C(F)F)N1CCCC1. The van der Waals surface area contributed by atoms with E-state index in [0.717, 1.165) is 18.9 Å². The molecule has 0 aliphatic carbocycles. The second-order valence-electron chi connectivity index (χ2n) is 4.74. The molecule has 1 aliphatic rings. The second kappa shape index (κ2) is 6.38. The summed E-state index contributed by atoms with van der Waals surface area (Å²) in [4.78, 5) is 13.1. The number of carbonyl (C=O) groups is 1. The van der Waals surface area contributed by atoms with Gasteiger partial charge < -0.3 is 10.2 Å². The third-order valence-corrected chi connectivity index (χ3v) is 4.76. The molecular formula is C13H16F2N2O3S. The lowest BCUT2D eigenvalue weighted by Gasteiger charge is -2.17. The molecule has 0 bridgehead atoms. The van der Waals surface area contributed by atoms with Crippen LogP contribution in [0.4, 0.5) is 14.5 Å². The van der Waals surface area contributed by atoms with Crippen molar-refractivity contribution < 1.29 is 22.0 Å². The molecule has 5 nitrogen and oxygen atoms in total. The van der Waals surface area contributed by atoms with Crippen molar-refractivity contribution in [1.29, 1.82) is 0 Å². The van der Waals surface area contributed by atoms with Crippen molar-refractivity contribution in [1.82, 2.24) is 4.90 Å². The van der Waals surface area contributed by atoms with Crippen molar-refractivity contribution in [3.63, 3.8) is 0 Å². The number of sulfone groups is 1. The van der Waals surface area contributed by atoms with Gasteiger partial charge in [0.1, 0.15) is 0 Å². The van der Waals surface area contributed by atoms with E-state index in [1.807, 2.05) is 0 Å². The van der Waals surface area contributed by atoms with Crippen LogP contribution in [0.3, 0.4) is 0 Å². The van der Waals surface area contributed by atoms with Gasteiger partial charge in [0, 0.05) is 13.1 Å². The smallest absolute Gasteiger partial charge is 0.341 e. The number of alkyl halides is 2. The summed E-state index contributed by atoms with van der Waals surface area (Å²) in [6.07, 6.45) is 1.89. The molecule has 8 heteroatoms. The highest BCUT2D eigenvalue weighted by molar-refractivity contribution is 7.91. The summed E-state index contributed by atoms with van der Waals surface area (Å²) in [7, 11) is -4.70. The van der Waals surface area contributed by atoms with E-state index in [0.29, 0.717) is 13.1 Å². The van der Waals surface area contributed by atoms with E-state index in [1.54, 1.807) is 4.90 Å². The molecule has 1 heterocycles. The number of halogens is 2. The van der Waals surface area contributed by atoms with Crippen LogP contribution in [0.25, 0.3) is 0 Å². The van der Waals surface area contributed by atoms with E-state index in [2.05, 4.69) is 5.32 Å². The minimum atomic E-state index is -4.70. The molecule has 21 heavy (non-hydrogen) atoms. The first-order chi connectivity index (χ1) is 9.93. The van der Waals surface area contributed by atoms with Crippen LogP contribution in [0.15, 0.2) is 29.2 Å². The first-order valence-corrected chi connectivity index (χ1v) is 8.10. The lowest BCUT2D eigenvalue weighted by Crippen LogP contribution is -2.33. The van der Waals surface area contributed by atoms with Crippen LogP contribution in [-0.4, -0.2) is 44.6 Å². The van der Waals surface area contributed by atoms with E-state index < -0.39 is 20.5 Å². The van der Waals surface area contributed by atoms with Gasteiger partial charge in [0.05, 0.1) is 17.1 Å². The third kappa shape index (κ3) is 3.49. The van der Waals surface area contributed by atoms with Crippen molar-refractivity contribution in [2.45, 2.75) is 23.5 Å². The van der Waals surface area contributed by atoms with Gasteiger partial charge in [-0.25, -0.2) is 8.42 Å². The molecule has 1 aromatic rings. The monoisotopic (exact) mass is 318 g/mol. The number of nitrogens with one attached hydrogen (secondary N) is 1. The maximum Gasteiger partial charge on any atom is 0.341 e. The number of likely N-dealkylation sites (tertiary alicyclic amines) is 1. The van der Waals surface area contributed by atoms with Crippen LogP contribution < -0.4 is 5.32 Å². The van der Waals surface area contributed by atoms with Gasteiger partial charge in [-0.05, 0) is 25.0 Å². The van der Waals surface area contributed by atoms with Crippen molar-refractivity contribution in [2.75, 3.05) is 25.0 Å². The molecule has 0 unspecified atom stereocenters. The predicted octanol–water partition coefficient (Wildman–Crippen LogP) is 1.72. The molecule has 0 radical (unpaired) electrons. The van der Waals surface area contributed by atoms with Crippen LogP contribution in [0.5, 0.6) is 0 Å². The van der Waals surface area contributed by atoms with Gasteiger partial charge in [-0.1, -0.05) is 12.1 Å². The Morgan fingerprint density at radius 1 is 1.24 bits per heavy atom. The number of para-hydroxylation sites is 1. The summed E-state index contributed by atoms with van der Waals surface area (Å²) in [5.74, 6) is -3.66. The largest absolute Gasteiger partial charge is 0.375 e. The van der Waals surface area contributed by atoms with Crippen LogP contribution in [0, 0.1) is 0 Å². The fourth-order valence-corrected chi connectivity index (χ4v) is 3.11. The van der Waals surface area contributed by atoms with Crippen LogP contribution >= 0.6 is 0 Å².